The van der Waals surface area contributed by atoms with Crippen LogP contribution in [0.4, 0.5) is 0 Å². The molecule has 0 fully saturated rings. The van der Waals surface area contributed by atoms with Gasteiger partial charge in [0.2, 0.25) is 0 Å². The number of rotatable bonds is 2. The second-order valence-electron chi connectivity index (χ2n) is 3.93. The first-order valence-corrected chi connectivity index (χ1v) is 5.29. The summed E-state index contributed by atoms with van der Waals surface area (Å²) in [5.41, 5.74) is -0.449. The van der Waals surface area contributed by atoms with Crippen molar-refractivity contribution in [2.75, 3.05) is 0 Å². The molecule has 7 heteroatoms. The van der Waals surface area contributed by atoms with Gasteiger partial charge in [0, 0.05) is 14.1 Å². The summed E-state index contributed by atoms with van der Waals surface area (Å²) in [4.78, 5) is 28.0. The van der Waals surface area contributed by atoms with Gasteiger partial charge >= 0.3 is 5.69 Å². The SMILES string of the molecule is CCC(O)n1c(=O)c2c(ncn2C)n(C)c1=O. The summed E-state index contributed by atoms with van der Waals surface area (Å²) in [5.74, 6) is 0. The van der Waals surface area contributed by atoms with Gasteiger partial charge in [-0.3, -0.25) is 9.36 Å². The van der Waals surface area contributed by atoms with E-state index in [1.165, 1.54) is 22.5 Å². The molecule has 1 N–H and O–H groups in total. The summed E-state index contributed by atoms with van der Waals surface area (Å²) in [5, 5.41) is 9.72. The maximum atomic E-state index is 12.1. The summed E-state index contributed by atoms with van der Waals surface area (Å²) in [6, 6.07) is 0. The fourth-order valence-electron chi connectivity index (χ4n) is 1.81. The molecule has 92 valence electrons. The predicted molar refractivity (Wildman–Crippen MR) is 61.8 cm³/mol. The van der Waals surface area contributed by atoms with Crippen LogP contribution in [0.2, 0.25) is 0 Å². The molecule has 0 bridgehead atoms. The molecule has 1 atom stereocenters. The van der Waals surface area contributed by atoms with E-state index in [0.29, 0.717) is 17.6 Å². The van der Waals surface area contributed by atoms with Gasteiger partial charge in [-0.2, -0.15) is 0 Å². The number of nitrogens with zero attached hydrogens (tertiary/aromatic N) is 4. The van der Waals surface area contributed by atoms with E-state index < -0.39 is 17.5 Å². The fourth-order valence-corrected chi connectivity index (χ4v) is 1.81. The van der Waals surface area contributed by atoms with E-state index in [-0.39, 0.29) is 0 Å². The van der Waals surface area contributed by atoms with Gasteiger partial charge in [0.05, 0.1) is 6.33 Å². The molecule has 0 saturated heterocycles. The van der Waals surface area contributed by atoms with Gasteiger partial charge in [-0.05, 0) is 6.42 Å². The molecule has 17 heavy (non-hydrogen) atoms. The van der Waals surface area contributed by atoms with Crippen LogP contribution in [-0.2, 0) is 14.1 Å². The molecule has 0 radical (unpaired) electrons. The lowest BCUT2D eigenvalue weighted by atomic mass is 10.4. The molecule has 0 aliphatic heterocycles. The molecular weight excluding hydrogens is 224 g/mol. The first-order valence-electron chi connectivity index (χ1n) is 5.29. The molecule has 2 aromatic heterocycles. The van der Waals surface area contributed by atoms with Crippen molar-refractivity contribution in [2.24, 2.45) is 14.1 Å². The predicted octanol–water partition coefficient (Wildman–Crippen LogP) is -0.665. The Labute approximate surface area is 96.6 Å². The zero-order valence-electron chi connectivity index (χ0n) is 9.91. The van der Waals surface area contributed by atoms with Gasteiger partial charge in [0.25, 0.3) is 5.56 Å². The van der Waals surface area contributed by atoms with Gasteiger partial charge in [-0.15, -0.1) is 0 Å². The number of aryl methyl sites for hydroxylation is 2. The molecule has 0 spiro atoms. The van der Waals surface area contributed by atoms with E-state index in [1.54, 1.807) is 14.0 Å². The van der Waals surface area contributed by atoms with Crippen LogP contribution in [0.15, 0.2) is 15.9 Å². The minimum atomic E-state index is -1.11. The molecule has 2 rings (SSSR count). The highest BCUT2D eigenvalue weighted by atomic mass is 16.3. The third-order valence-electron chi connectivity index (χ3n) is 2.81. The monoisotopic (exact) mass is 238 g/mol. The standard InChI is InChI=1S/C10H14N4O3/c1-4-6(15)14-9(16)7-8(11-5-12(7)2)13(3)10(14)17/h5-6,15H,4H2,1-3H3. The van der Waals surface area contributed by atoms with Crippen molar-refractivity contribution in [3.8, 4) is 0 Å². The van der Waals surface area contributed by atoms with Crippen LogP contribution in [0, 0.1) is 0 Å². The maximum Gasteiger partial charge on any atom is 0.334 e. The number of aromatic nitrogens is 4. The lowest BCUT2D eigenvalue weighted by molar-refractivity contribution is 0.0906. The average molecular weight is 238 g/mol. The number of aliphatic hydroxyl groups is 1. The van der Waals surface area contributed by atoms with E-state index in [2.05, 4.69) is 4.98 Å². The molecule has 0 aromatic carbocycles. The molecule has 0 aliphatic carbocycles. The first kappa shape index (κ1) is 11.6. The van der Waals surface area contributed by atoms with Crippen molar-refractivity contribution < 1.29 is 5.11 Å². The van der Waals surface area contributed by atoms with Crippen molar-refractivity contribution in [1.82, 2.24) is 18.7 Å². The van der Waals surface area contributed by atoms with Crippen molar-refractivity contribution >= 4 is 11.2 Å². The minimum Gasteiger partial charge on any atom is -0.373 e. The summed E-state index contributed by atoms with van der Waals surface area (Å²) < 4.78 is 3.65. The van der Waals surface area contributed by atoms with Crippen molar-refractivity contribution in [3.63, 3.8) is 0 Å². The highest BCUT2D eigenvalue weighted by Crippen LogP contribution is 2.06. The Balaban J connectivity index is 3.00. The van der Waals surface area contributed by atoms with Crippen molar-refractivity contribution in [3.05, 3.63) is 27.2 Å². The Morgan fingerprint density at radius 2 is 2.06 bits per heavy atom. The highest BCUT2D eigenvalue weighted by molar-refractivity contribution is 5.69. The second kappa shape index (κ2) is 3.85. The van der Waals surface area contributed by atoms with Crippen LogP contribution in [0.3, 0.4) is 0 Å². The quantitative estimate of drug-likeness (QED) is 0.752. The third kappa shape index (κ3) is 1.50. The van der Waals surface area contributed by atoms with Gasteiger partial charge in [-0.25, -0.2) is 14.3 Å². The highest BCUT2D eigenvalue weighted by Gasteiger charge is 2.18. The van der Waals surface area contributed by atoms with Crippen LogP contribution >= 0.6 is 0 Å². The van der Waals surface area contributed by atoms with Crippen LogP contribution in [-0.4, -0.2) is 23.8 Å². The molecule has 0 aliphatic rings. The second-order valence-corrected chi connectivity index (χ2v) is 3.93. The Bertz CT molecular complexity index is 679. The Morgan fingerprint density at radius 1 is 1.41 bits per heavy atom. The molecule has 0 amide bonds. The van der Waals surface area contributed by atoms with Gasteiger partial charge in [0.15, 0.2) is 11.2 Å². The Kier molecular flexibility index (Phi) is 2.62. The third-order valence-corrected chi connectivity index (χ3v) is 2.81. The summed E-state index contributed by atoms with van der Waals surface area (Å²) in [6.45, 7) is 1.70. The molecule has 2 aromatic rings. The average Bonchev–Trinajstić information content (AvgIpc) is 2.68. The van der Waals surface area contributed by atoms with E-state index >= 15 is 0 Å². The van der Waals surface area contributed by atoms with E-state index in [4.69, 9.17) is 0 Å². The number of hydrogen-bond donors (Lipinski definition) is 1. The number of imidazole rings is 1. The van der Waals surface area contributed by atoms with Crippen molar-refractivity contribution in [1.29, 1.82) is 0 Å². The molecular formula is C10H14N4O3. The Morgan fingerprint density at radius 3 is 2.65 bits per heavy atom. The molecule has 1 unspecified atom stereocenters. The number of fused-ring (bicyclic) bond motifs is 1. The number of hydrogen-bond acceptors (Lipinski definition) is 4. The zero-order chi connectivity index (χ0) is 12.7. The van der Waals surface area contributed by atoms with E-state index in [1.807, 2.05) is 0 Å². The maximum absolute atomic E-state index is 12.1. The summed E-state index contributed by atoms with van der Waals surface area (Å²) in [7, 11) is 3.19. The van der Waals surface area contributed by atoms with E-state index in [9.17, 15) is 14.7 Å². The first-order chi connectivity index (χ1) is 7.99. The molecule has 7 nitrogen and oxygen atoms in total. The largest absolute Gasteiger partial charge is 0.373 e. The summed E-state index contributed by atoms with van der Waals surface area (Å²) >= 11 is 0. The molecule has 2 heterocycles. The van der Waals surface area contributed by atoms with E-state index in [0.717, 1.165) is 4.57 Å². The topological polar surface area (TPSA) is 82.1 Å². The van der Waals surface area contributed by atoms with Gasteiger partial charge < -0.3 is 9.67 Å². The molecule has 0 saturated carbocycles. The number of aliphatic hydroxyl groups excluding tert-OH is 1. The zero-order valence-corrected chi connectivity index (χ0v) is 9.91. The lowest BCUT2D eigenvalue weighted by Gasteiger charge is -2.12. The Hall–Kier alpha value is -1.89. The summed E-state index contributed by atoms with van der Waals surface area (Å²) in [6.07, 6.45) is 0.646. The van der Waals surface area contributed by atoms with Crippen molar-refractivity contribution in [2.45, 2.75) is 19.6 Å². The van der Waals surface area contributed by atoms with Gasteiger partial charge in [0.1, 0.15) is 6.23 Å². The van der Waals surface area contributed by atoms with Crippen LogP contribution < -0.4 is 11.2 Å². The lowest BCUT2D eigenvalue weighted by Crippen LogP contribution is -2.41. The fraction of sp³-hybridized carbons (Fsp3) is 0.500. The normalized spacial score (nSPS) is 13.2. The van der Waals surface area contributed by atoms with Gasteiger partial charge in [-0.1, -0.05) is 6.92 Å². The van der Waals surface area contributed by atoms with Crippen LogP contribution in [0.1, 0.15) is 19.6 Å². The van der Waals surface area contributed by atoms with Crippen LogP contribution in [0.5, 0.6) is 0 Å². The smallest absolute Gasteiger partial charge is 0.334 e. The van der Waals surface area contributed by atoms with Crippen LogP contribution in [0.25, 0.3) is 11.2 Å². The minimum absolute atomic E-state index is 0.290.